The number of aliphatic imine (C=N–C) groups is 1. The first-order valence-corrected chi connectivity index (χ1v) is 10.7. The first-order chi connectivity index (χ1) is 11.9. The van der Waals surface area contributed by atoms with Crippen LogP contribution in [-0.4, -0.2) is 19.4 Å². The summed E-state index contributed by atoms with van der Waals surface area (Å²) in [6.07, 6.45) is 4.18. The van der Waals surface area contributed by atoms with Gasteiger partial charge in [-0.3, -0.25) is 0 Å². The fraction of sp³-hybridized carbons (Fsp3) is 0.136. The molecule has 0 N–H and O–H groups in total. The van der Waals surface area contributed by atoms with Crippen molar-refractivity contribution < 1.29 is 0 Å². The average molecular weight is 333 g/mol. The van der Waals surface area contributed by atoms with Crippen molar-refractivity contribution in [3.05, 3.63) is 91.0 Å². The summed E-state index contributed by atoms with van der Waals surface area (Å²) in [5.41, 5.74) is 0. The molecule has 0 saturated carbocycles. The maximum atomic E-state index is 4.22. The zero-order valence-electron chi connectivity index (χ0n) is 14.1. The van der Waals surface area contributed by atoms with Gasteiger partial charge < -0.3 is 0 Å². The molecule has 1 nitrogen and oxygen atoms in total. The van der Waals surface area contributed by atoms with Gasteiger partial charge in [0.05, 0.1) is 0 Å². The van der Waals surface area contributed by atoms with Crippen LogP contribution < -0.4 is 15.9 Å². The molecule has 0 atom stereocenters. The molecule has 3 aromatic rings. The SMILES string of the molecule is C/N=C\CC[PH](c1ccccc1)(c1ccccc1)c1ccccc1. The minimum absolute atomic E-state index is 1.00. The molecule has 0 radical (unpaired) electrons. The van der Waals surface area contributed by atoms with Gasteiger partial charge in [-0.2, -0.15) is 0 Å². The van der Waals surface area contributed by atoms with Gasteiger partial charge in [0.2, 0.25) is 0 Å². The Morgan fingerprint density at radius 1 is 0.667 bits per heavy atom. The van der Waals surface area contributed by atoms with E-state index < -0.39 is 7.26 Å². The molecule has 3 aromatic carbocycles. The molecule has 0 bridgehead atoms. The Morgan fingerprint density at radius 3 is 1.38 bits per heavy atom. The summed E-state index contributed by atoms with van der Waals surface area (Å²) in [6.45, 7) is 0. The predicted octanol–water partition coefficient (Wildman–Crippen LogP) is 3.80. The fourth-order valence-electron chi connectivity index (χ4n) is 3.51. The number of hydrogen-bond donors (Lipinski definition) is 0. The normalized spacial score (nSPS) is 12.4. The molecule has 0 aliphatic rings. The Morgan fingerprint density at radius 2 is 1.04 bits per heavy atom. The summed E-state index contributed by atoms with van der Waals surface area (Å²) in [7, 11) is -0.194. The molecule has 0 unspecified atom stereocenters. The van der Waals surface area contributed by atoms with Gasteiger partial charge in [-0.05, 0) is 0 Å². The molecule has 0 amide bonds. The van der Waals surface area contributed by atoms with Crippen LogP contribution in [0.25, 0.3) is 0 Å². The summed E-state index contributed by atoms with van der Waals surface area (Å²) in [4.78, 5) is 4.22. The molecule has 0 aliphatic heterocycles. The van der Waals surface area contributed by atoms with Gasteiger partial charge in [-0.15, -0.1) is 0 Å². The van der Waals surface area contributed by atoms with Gasteiger partial charge in [0.1, 0.15) is 0 Å². The Balaban J connectivity index is 2.24. The van der Waals surface area contributed by atoms with Crippen molar-refractivity contribution in [1.29, 1.82) is 0 Å². The van der Waals surface area contributed by atoms with Crippen molar-refractivity contribution in [2.24, 2.45) is 4.99 Å². The van der Waals surface area contributed by atoms with E-state index in [4.69, 9.17) is 0 Å². The standard InChI is InChI=1S/C22H24NP/c1-23-18-11-19-24(20-12-5-2-6-13-20,21-14-7-3-8-15-21)22-16-9-4-10-17-22/h2-10,12-18,24H,11,19H2,1H3/b23-18-. The molecule has 3 rings (SSSR count). The minimum atomic E-state index is -2.05. The van der Waals surface area contributed by atoms with Crippen LogP contribution in [0, 0.1) is 0 Å². The summed E-state index contributed by atoms with van der Waals surface area (Å²) < 4.78 is 0. The van der Waals surface area contributed by atoms with Crippen molar-refractivity contribution in [2.45, 2.75) is 6.42 Å². The molecule has 0 aliphatic carbocycles. The van der Waals surface area contributed by atoms with E-state index in [2.05, 4.69) is 102 Å². The van der Waals surface area contributed by atoms with Crippen LogP contribution in [0.3, 0.4) is 0 Å². The first-order valence-electron chi connectivity index (χ1n) is 8.45. The second-order valence-electron chi connectivity index (χ2n) is 5.98. The number of nitrogens with zero attached hydrogens (tertiary/aromatic N) is 1. The third kappa shape index (κ3) is 3.32. The van der Waals surface area contributed by atoms with Gasteiger partial charge in [0.15, 0.2) is 0 Å². The zero-order valence-corrected chi connectivity index (χ0v) is 15.1. The van der Waals surface area contributed by atoms with Crippen LogP contribution in [0.2, 0.25) is 0 Å². The molecule has 24 heavy (non-hydrogen) atoms. The topological polar surface area (TPSA) is 12.4 Å². The number of rotatable bonds is 6. The van der Waals surface area contributed by atoms with Crippen LogP contribution in [0.5, 0.6) is 0 Å². The molecular weight excluding hydrogens is 309 g/mol. The molecular formula is C22H24NP. The van der Waals surface area contributed by atoms with Crippen LogP contribution in [0.4, 0.5) is 0 Å². The van der Waals surface area contributed by atoms with Crippen molar-refractivity contribution in [3.63, 3.8) is 0 Å². The molecule has 122 valence electrons. The third-order valence-electron chi connectivity index (χ3n) is 4.63. The Labute approximate surface area is 145 Å². The van der Waals surface area contributed by atoms with Gasteiger partial charge in [0, 0.05) is 0 Å². The molecule has 0 spiro atoms. The zero-order chi connectivity index (χ0) is 16.7. The Kier molecular flexibility index (Phi) is 5.56. The monoisotopic (exact) mass is 333 g/mol. The van der Waals surface area contributed by atoms with Crippen molar-refractivity contribution in [2.75, 3.05) is 13.2 Å². The van der Waals surface area contributed by atoms with E-state index in [-0.39, 0.29) is 0 Å². The summed E-state index contributed by atoms with van der Waals surface area (Å²) in [6, 6.07) is 33.1. The summed E-state index contributed by atoms with van der Waals surface area (Å²) >= 11 is 0. The van der Waals surface area contributed by atoms with E-state index in [1.54, 1.807) is 0 Å². The van der Waals surface area contributed by atoms with E-state index in [1.165, 1.54) is 15.9 Å². The van der Waals surface area contributed by atoms with E-state index in [0.717, 1.165) is 12.6 Å². The maximum absolute atomic E-state index is 4.22. The predicted molar refractivity (Wildman–Crippen MR) is 110 cm³/mol. The summed E-state index contributed by atoms with van der Waals surface area (Å²) in [5, 5.41) is 4.39. The Bertz CT molecular complexity index is 670. The molecule has 0 fully saturated rings. The van der Waals surface area contributed by atoms with Crippen LogP contribution in [-0.2, 0) is 0 Å². The average Bonchev–Trinajstić information content (AvgIpc) is 2.68. The van der Waals surface area contributed by atoms with Crippen molar-refractivity contribution >= 4 is 29.4 Å². The second kappa shape index (κ2) is 8.04. The van der Waals surface area contributed by atoms with E-state index >= 15 is 0 Å². The molecule has 0 heterocycles. The molecule has 2 heteroatoms. The van der Waals surface area contributed by atoms with E-state index in [9.17, 15) is 0 Å². The van der Waals surface area contributed by atoms with E-state index in [0.29, 0.717) is 0 Å². The molecule has 0 aromatic heterocycles. The van der Waals surface area contributed by atoms with Crippen LogP contribution in [0.15, 0.2) is 96.0 Å². The van der Waals surface area contributed by atoms with E-state index in [1.807, 2.05) is 7.05 Å². The van der Waals surface area contributed by atoms with Gasteiger partial charge in [0.25, 0.3) is 0 Å². The number of hydrogen-bond acceptors (Lipinski definition) is 1. The second-order valence-corrected chi connectivity index (χ2v) is 10.0. The van der Waals surface area contributed by atoms with Gasteiger partial charge in [-0.25, -0.2) is 0 Å². The summed E-state index contributed by atoms with van der Waals surface area (Å²) in [5.74, 6) is 0. The molecule has 0 saturated heterocycles. The van der Waals surface area contributed by atoms with Gasteiger partial charge >= 0.3 is 145 Å². The van der Waals surface area contributed by atoms with Gasteiger partial charge in [-0.1, -0.05) is 0 Å². The van der Waals surface area contributed by atoms with Crippen LogP contribution >= 0.6 is 7.26 Å². The number of benzene rings is 3. The van der Waals surface area contributed by atoms with Crippen LogP contribution in [0.1, 0.15) is 6.42 Å². The third-order valence-corrected chi connectivity index (χ3v) is 9.63. The Hall–Kier alpha value is -2.24. The quantitative estimate of drug-likeness (QED) is 0.481. The fourth-order valence-corrected chi connectivity index (χ4v) is 8.22. The van der Waals surface area contributed by atoms with Crippen molar-refractivity contribution in [1.82, 2.24) is 0 Å². The first kappa shape index (κ1) is 16.6. The van der Waals surface area contributed by atoms with Crippen molar-refractivity contribution in [3.8, 4) is 0 Å².